The lowest BCUT2D eigenvalue weighted by atomic mass is 10.0. The molecule has 1 heterocycles. The van der Waals surface area contributed by atoms with Crippen molar-refractivity contribution in [1.82, 2.24) is 10.3 Å². The van der Waals surface area contributed by atoms with Gasteiger partial charge in [0.25, 0.3) is 5.91 Å². The molecule has 0 radical (unpaired) electrons. The van der Waals surface area contributed by atoms with Crippen molar-refractivity contribution in [3.63, 3.8) is 0 Å². The molecule has 0 aliphatic carbocycles. The molecule has 0 aliphatic rings. The van der Waals surface area contributed by atoms with Crippen LogP contribution in [-0.4, -0.2) is 18.0 Å². The lowest BCUT2D eigenvalue weighted by molar-refractivity contribution is -0.117. The number of aryl methyl sites for hydroxylation is 1. The monoisotopic (exact) mass is 404 g/mol. The van der Waals surface area contributed by atoms with E-state index in [-0.39, 0.29) is 5.91 Å². The van der Waals surface area contributed by atoms with E-state index in [1.54, 1.807) is 14.0 Å². The molecular formula is C24H28N4O2. The molecule has 6 N–H and O–H groups in total. The van der Waals surface area contributed by atoms with Gasteiger partial charge in [-0.05, 0) is 54.9 Å². The number of ether oxygens (including phenoxy) is 1. The minimum Gasteiger partial charge on any atom is -0.405 e. The van der Waals surface area contributed by atoms with Crippen LogP contribution in [0.3, 0.4) is 0 Å². The van der Waals surface area contributed by atoms with Crippen molar-refractivity contribution < 1.29 is 9.53 Å². The number of carbonyl (C=O) groups is 1. The van der Waals surface area contributed by atoms with Gasteiger partial charge in [-0.1, -0.05) is 30.3 Å². The quantitative estimate of drug-likeness (QED) is 0.356. The third-order valence-corrected chi connectivity index (χ3v) is 5.09. The van der Waals surface area contributed by atoms with Crippen LogP contribution in [0.1, 0.15) is 23.6 Å². The Hall–Kier alpha value is -3.51. The first-order chi connectivity index (χ1) is 14.5. The van der Waals surface area contributed by atoms with E-state index in [0.29, 0.717) is 24.4 Å². The van der Waals surface area contributed by atoms with Crippen molar-refractivity contribution in [2.45, 2.75) is 27.0 Å². The molecule has 0 spiro atoms. The zero-order chi connectivity index (χ0) is 21.7. The van der Waals surface area contributed by atoms with Crippen molar-refractivity contribution in [1.29, 1.82) is 0 Å². The molecule has 1 amide bonds. The van der Waals surface area contributed by atoms with Gasteiger partial charge in [0.1, 0.15) is 0 Å². The third kappa shape index (κ3) is 4.39. The molecule has 3 rings (SSSR count). The number of benzene rings is 2. The van der Waals surface area contributed by atoms with E-state index in [1.807, 2.05) is 24.3 Å². The Kier molecular flexibility index (Phi) is 6.59. The predicted molar refractivity (Wildman–Crippen MR) is 121 cm³/mol. The number of methoxy groups -OCH3 is 1. The first-order valence-electron chi connectivity index (χ1n) is 9.77. The van der Waals surface area contributed by atoms with Crippen LogP contribution in [0.5, 0.6) is 0 Å². The molecule has 156 valence electrons. The van der Waals surface area contributed by atoms with Gasteiger partial charge in [0.15, 0.2) is 0 Å². The van der Waals surface area contributed by atoms with E-state index >= 15 is 0 Å². The molecule has 0 saturated carbocycles. The summed E-state index contributed by atoms with van der Waals surface area (Å²) in [5, 5.41) is 4.03. The number of hydrogen-bond donors (Lipinski definition) is 4. The van der Waals surface area contributed by atoms with Crippen LogP contribution >= 0.6 is 0 Å². The van der Waals surface area contributed by atoms with Crippen LogP contribution in [0.25, 0.3) is 22.2 Å². The summed E-state index contributed by atoms with van der Waals surface area (Å²) in [6.07, 6.45) is 2.82. The van der Waals surface area contributed by atoms with Gasteiger partial charge in [0, 0.05) is 41.5 Å². The van der Waals surface area contributed by atoms with Crippen LogP contribution in [0.4, 0.5) is 0 Å². The van der Waals surface area contributed by atoms with E-state index in [4.69, 9.17) is 16.2 Å². The van der Waals surface area contributed by atoms with Crippen LogP contribution in [0.15, 0.2) is 66.0 Å². The minimum atomic E-state index is -0.253. The largest absolute Gasteiger partial charge is 0.405 e. The van der Waals surface area contributed by atoms with E-state index in [9.17, 15) is 4.79 Å². The number of rotatable bonds is 7. The number of aromatic nitrogens is 1. The van der Waals surface area contributed by atoms with Gasteiger partial charge in [0.05, 0.1) is 12.2 Å². The molecule has 0 unspecified atom stereocenters. The number of carbonyl (C=O) groups excluding carboxylic acids is 1. The number of nitrogens with one attached hydrogen (secondary N) is 2. The number of aromatic amines is 1. The normalized spacial score (nSPS) is 12.4. The Morgan fingerprint density at radius 2 is 2.00 bits per heavy atom. The van der Waals surface area contributed by atoms with Crippen LogP contribution in [0, 0.1) is 6.92 Å². The zero-order valence-corrected chi connectivity index (χ0v) is 17.6. The molecule has 3 aromatic rings. The average molecular weight is 405 g/mol. The standard InChI is InChI=1S/C24H28N4O2/c1-15-21-12-17(13-27-24(29)19(10-11-25)16(2)26)8-9-22(21)28-23(15)20-7-5-4-6-18(20)14-30-3/h4-12,28H,13-14,25-26H2,1-3H3,(H,27,29)/b11-10-,19-16+. The Balaban J connectivity index is 1.89. The van der Waals surface area contributed by atoms with E-state index < -0.39 is 0 Å². The van der Waals surface area contributed by atoms with Crippen molar-refractivity contribution in [2.75, 3.05) is 7.11 Å². The van der Waals surface area contributed by atoms with Gasteiger partial charge in [-0.3, -0.25) is 4.79 Å². The molecule has 0 atom stereocenters. The third-order valence-electron chi connectivity index (χ3n) is 5.09. The van der Waals surface area contributed by atoms with Gasteiger partial charge in [-0.25, -0.2) is 0 Å². The zero-order valence-electron chi connectivity index (χ0n) is 17.6. The summed E-state index contributed by atoms with van der Waals surface area (Å²) in [5.74, 6) is -0.253. The molecule has 0 saturated heterocycles. The fourth-order valence-electron chi connectivity index (χ4n) is 3.56. The Morgan fingerprint density at radius 3 is 2.70 bits per heavy atom. The number of H-pyrrole nitrogens is 1. The van der Waals surface area contributed by atoms with Gasteiger partial charge in [-0.2, -0.15) is 0 Å². The fourth-order valence-corrected chi connectivity index (χ4v) is 3.56. The predicted octanol–water partition coefficient (Wildman–Crippen LogP) is 3.61. The van der Waals surface area contributed by atoms with Gasteiger partial charge in [-0.15, -0.1) is 0 Å². The topological polar surface area (TPSA) is 106 Å². The lowest BCUT2D eigenvalue weighted by Gasteiger charge is -2.08. The molecule has 1 aromatic heterocycles. The van der Waals surface area contributed by atoms with Crippen LogP contribution in [0.2, 0.25) is 0 Å². The summed E-state index contributed by atoms with van der Waals surface area (Å²) in [6, 6.07) is 14.4. The fraction of sp³-hybridized carbons (Fsp3) is 0.208. The second-order valence-electron chi connectivity index (χ2n) is 7.23. The maximum Gasteiger partial charge on any atom is 0.253 e. The molecule has 6 heteroatoms. The number of allylic oxidation sites excluding steroid dienone is 1. The van der Waals surface area contributed by atoms with Crippen molar-refractivity contribution >= 4 is 16.8 Å². The highest BCUT2D eigenvalue weighted by Crippen LogP contribution is 2.32. The van der Waals surface area contributed by atoms with E-state index in [2.05, 4.69) is 35.4 Å². The Labute approximate surface area is 176 Å². The van der Waals surface area contributed by atoms with Crippen LogP contribution in [-0.2, 0) is 22.7 Å². The lowest BCUT2D eigenvalue weighted by Crippen LogP contribution is -2.25. The number of amides is 1. The van der Waals surface area contributed by atoms with Gasteiger partial charge >= 0.3 is 0 Å². The summed E-state index contributed by atoms with van der Waals surface area (Å²) in [4.78, 5) is 15.9. The van der Waals surface area contributed by atoms with E-state index in [1.165, 1.54) is 12.3 Å². The second-order valence-corrected chi connectivity index (χ2v) is 7.23. The maximum atomic E-state index is 12.4. The van der Waals surface area contributed by atoms with E-state index in [0.717, 1.165) is 38.9 Å². The van der Waals surface area contributed by atoms with Crippen molar-refractivity contribution in [3.8, 4) is 11.3 Å². The molecular weight excluding hydrogens is 376 g/mol. The summed E-state index contributed by atoms with van der Waals surface area (Å²) in [6.45, 7) is 4.72. The minimum absolute atomic E-state index is 0.253. The summed E-state index contributed by atoms with van der Waals surface area (Å²) < 4.78 is 5.35. The van der Waals surface area contributed by atoms with Crippen molar-refractivity contribution in [3.05, 3.63) is 82.7 Å². The average Bonchev–Trinajstić information content (AvgIpc) is 3.06. The Bertz CT molecular complexity index is 1120. The molecule has 0 bridgehead atoms. The SMILES string of the molecule is COCc1ccccc1-c1[nH]c2ccc(CNC(=O)C(/C=C\N)=C(\C)N)cc2c1C. The summed E-state index contributed by atoms with van der Waals surface area (Å²) in [7, 11) is 1.70. The molecule has 30 heavy (non-hydrogen) atoms. The maximum absolute atomic E-state index is 12.4. The summed E-state index contributed by atoms with van der Waals surface area (Å²) in [5.41, 5.74) is 18.5. The van der Waals surface area contributed by atoms with Crippen molar-refractivity contribution in [2.24, 2.45) is 11.5 Å². The molecule has 0 fully saturated rings. The molecule has 0 aliphatic heterocycles. The number of fused-ring (bicyclic) bond motifs is 1. The number of nitrogens with two attached hydrogens (primary N) is 2. The highest BCUT2D eigenvalue weighted by atomic mass is 16.5. The first-order valence-corrected chi connectivity index (χ1v) is 9.77. The highest BCUT2D eigenvalue weighted by molar-refractivity contribution is 5.97. The summed E-state index contributed by atoms with van der Waals surface area (Å²) >= 11 is 0. The highest BCUT2D eigenvalue weighted by Gasteiger charge is 2.14. The molecule has 2 aromatic carbocycles. The first kappa shape index (κ1) is 21.2. The second kappa shape index (κ2) is 9.33. The van der Waals surface area contributed by atoms with Gasteiger partial charge < -0.3 is 26.5 Å². The van der Waals surface area contributed by atoms with Gasteiger partial charge in [0.2, 0.25) is 0 Å². The Morgan fingerprint density at radius 1 is 1.23 bits per heavy atom. The molecule has 6 nitrogen and oxygen atoms in total. The smallest absolute Gasteiger partial charge is 0.253 e. The number of hydrogen-bond acceptors (Lipinski definition) is 4. The van der Waals surface area contributed by atoms with Crippen LogP contribution < -0.4 is 16.8 Å².